The molecule has 0 aromatic heterocycles. The van der Waals surface area contributed by atoms with Crippen LogP contribution in [0.4, 0.5) is 11.4 Å². The molecule has 33 heavy (non-hydrogen) atoms. The highest BCUT2D eigenvalue weighted by molar-refractivity contribution is 7.80. The van der Waals surface area contributed by atoms with Gasteiger partial charge in [0.1, 0.15) is 0 Å². The third-order valence-electron chi connectivity index (χ3n) is 5.27. The van der Waals surface area contributed by atoms with E-state index in [1.807, 2.05) is 43.0 Å². The Morgan fingerprint density at radius 1 is 1.03 bits per heavy atom. The van der Waals surface area contributed by atoms with Crippen LogP contribution in [-0.2, 0) is 4.79 Å². The number of hydrogen-bond donors (Lipinski definition) is 2. The lowest BCUT2D eigenvalue weighted by atomic mass is 10.1. The van der Waals surface area contributed by atoms with Gasteiger partial charge in [-0.05, 0) is 48.6 Å². The number of carbonyl (C=O) groups is 2. The molecule has 0 aliphatic carbocycles. The number of benzene rings is 2. The SMILES string of the molecule is COc1c(Cl)cc(C(=O)NC(=S)Nc2ccc(N3CCN(C(=O)C(C)C)CC3)cc2)cc1Cl. The molecule has 7 nitrogen and oxygen atoms in total. The Morgan fingerprint density at radius 2 is 1.61 bits per heavy atom. The number of thiocarbonyl (C=S) groups is 1. The largest absolute Gasteiger partial charge is 0.494 e. The van der Waals surface area contributed by atoms with Crippen molar-refractivity contribution < 1.29 is 14.3 Å². The van der Waals surface area contributed by atoms with Crippen LogP contribution in [0.5, 0.6) is 5.75 Å². The lowest BCUT2D eigenvalue weighted by Crippen LogP contribution is -2.49. The van der Waals surface area contributed by atoms with Crippen molar-refractivity contribution in [2.45, 2.75) is 13.8 Å². The van der Waals surface area contributed by atoms with Gasteiger partial charge in [0.2, 0.25) is 5.91 Å². The zero-order chi connectivity index (χ0) is 24.1. The van der Waals surface area contributed by atoms with E-state index in [2.05, 4.69) is 15.5 Å². The lowest BCUT2D eigenvalue weighted by molar-refractivity contribution is -0.134. The van der Waals surface area contributed by atoms with E-state index in [0.717, 1.165) is 24.5 Å². The number of hydrogen-bond acceptors (Lipinski definition) is 5. The molecule has 2 N–H and O–H groups in total. The minimum atomic E-state index is -0.440. The van der Waals surface area contributed by atoms with Gasteiger partial charge in [-0.25, -0.2) is 0 Å². The summed E-state index contributed by atoms with van der Waals surface area (Å²) in [4.78, 5) is 28.8. The van der Waals surface area contributed by atoms with Gasteiger partial charge in [-0.1, -0.05) is 37.0 Å². The monoisotopic (exact) mass is 508 g/mol. The van der Waals surface area contributed by atoms with Gasteiger partial charge in [0.15, 0.2) is 10.9 Å². The highest BCUT2D eigenvalue weighted by atomic mass is 35.5. The smallest absolute Gasteiger partial charge is 0.257 e. The van der Waals surface area contributed by atoms with Gasteiger partial charge >= 0.3 is 0 Å². The molecule has 1 fully saturated rings. The summed E-state index contributed by atoms with van der Waals surface area (Å²) in [6, 6.07) is 10.7. The van der Waals surface area contributed by atoms with Crippen LogP contribution in [0, 0.1) is 5.92 Å². The maximum Gasteiger partial charge on any atom is 0.257 e. The van der Waals surface area contributed by atoms with E-state index in [0.29, 0.717) is 18.8 Å². The first-order valence-electron chi connectivity index (χ1n) is 10.5. The number of halogens is 2. The maximum absolute atomic E-state index is 12.5. The van der Waals surface area contributed by atoms with Crippen molar-refractivity contribution in [3.05, 3.63) is 52.0 Å². The topological polar surface area (TPSA) is 73.9 Å². The highest BCUT2D eigenvalue weighted by Crippen LogP contribution is 2.33. The Kier molecular flexibility index (Phi) is 8.40. The van der Waals surface area contributed by atoms with Crippen molar-refractivity contribution in [3.63, 3.8) is 0 Å². The van der Waals surface area contributed by atoms with E-state index in [4.69, 9.17) is 40.2 Å². The van der Waals surface area contributed by atoms with Gasteiger partial charge in [0, 0.05) is 49.0 Å². The molecule has 176 valence electrons. The Morgan fingerprint density at radius 3 is 2.12 bits per heavy atom. The maximum atomic E-state index is 12.5. The van der Waals surface area contributed by atoms with Gasteiger partial charge < -0.3 is 19.9 Å². The minimum Gasteiger partial charge on any atom is -0.494 e. The normalized spacial score (nSPS) is 13.6. The molecule has 0 radical (unpaired) electrons. The number of rotatable bonds is 5. The molecule has 1 saturated heterocycles. The van der Waals surface area contributed by atoms with Crippen LogP contribution in [0.15, 0.2) is 36.4 Å². The molecule has 1 aliphatic heterocycles. The summed E-state index contributed by atoms with van der Waals surface area (Å²) in [6.45, 7) is 6.85. The number of anilines is 2. The first kappa shape index (κ1) is 25.1. The second-order valence-corrected chi connectivity index (χ2v) is 9.12. The third kappa shape index (κ3) is 6.28. The van der Waals surface area contributed by atoms with Crippen molar-refractivity contribution in [1.29, 1.82) is 0 Å². The Labute approximate surface area is 209 Å². The molecule has 0 saturated carbocycles. The van der Waals surface area contributed by atoms with Crippen LogP contribution in [0.2, 0.25) is 10.0 Å². The van der Waals surface area contributed by atoms with Crippen LogP contribution in [0.3, 0.4) is 0 Å². The Hall–Kier alpha value is -2.55. The number of methoxy groups -OCH3 is 1. The van der Waals surface area contributed by atoms with Crippen LogP contribution in [0.1, 0.15) is 24.2 Å². The predicted octanol–water partition coefficient (Wildman–Crippen LogP) is 4.43. The Balaban J connectivity index is 1.54. The molecule has 0 unspecified atom stereocenters. The van der Waals surface area contributed by atoms with Gasteiger partial charge in [0.05, 0.1) is 17.2 Å². The van der Waals surface area contributed by atoms with E-state index < -0.39 is 5.91 Å². The molecule has 3 rings (SSSR count). The van der Waals surface area contributed by atoms with Crippen LogP contribution in [0.25, 0.3) is 0 Å². The summed E-state index contributed by atoms with van der Waals surface area (Å²) < 4.78 is 5.09. The average Bonchev–Trinajstić information content (AvgIpc) is 2.78. The highest BCUT2D eigenvalue weighted by Gasteiger charge is 2.23. The fourth-order valence-corrected chi connectivity index (χ4v) is 4.38. The first-order chi connectivity index (χ1) is 15.7. The summed E-state index contributed by atoms with van der Waals surface area (Å²) in [5.41, 5.74) is 2.07. The minimum absolute atomic E-state index is 0.0185. The standard InChI is InChI=1S/C23H26Cl2N4O3S/c1-14(2)22(31)29-10-8-28(9-11-29)17-6-4-16(5-7-17)26-23(33)27-21(30)15-12-18(24)20(32-3)19(25)13-15/h4-7,12-14H,8-11H2,1-3H3,(H2,26,27,30,33). The number of ether oxygens (including phenoxy) is 1. The second kappa shape index (κ2) is 11.0. The van der Waals surface area contributed by atoms with Gasteiger partial charge in [-0.2, -0.15) is 0 Å². The summed E-state index contributed by atoms with van der Waals surface area (Å²) in [7, 11) is 1.45. The van der Waals surface area contributed by atoms with E-state index in [1.165, 1.54) is 19.2 Å². The van der Waals surface area contributed by atoms with Gasteiger partial charge in [0.25, 0.3) is 5.91 Å². The predicted molar refractivity (Wildman–Crippen MR) is 137 cm³/mol. The van der Waals surface area contributed by atoms with Gasteiger partial charge in [-0.3, -0.25) is 14.9 Å². The molecule has 10 heteroatoms. The summed E-state index contributed by atoms with van der Waals surface area (Å²) in [6.07, 6.45) is 0. The van der Waals surface area contributed by atoms with Crippen molar-refractivity contribution in [2.24, 2.45) is 5.92 Å². The van der Waals surface area contributed by atoms with E-state index in [9.17, 15) is 9.59 Å². The zero-order valence-electron chi connectivity index (χ0n) is 18.7. The molecule has 2 aromatic rings. The molecule has 2 aromatic carbocycles. The molecule has 1 heterocycles. The Bertz CT molecular complexity index is 1020. The van der Waals surface area contributed by atoms with Crippen molar-refractivity contribution in [3.8, 4) is 5.75 Å². The number of amides is 2. The van der Waals surface area contributed by atoms with E-state index in [-0.39, 0.29) is 32.5 Å². The lowest BCUT2D eigenvalue weighted by Gasteiger charge is -2.37. The molecular weight excluding hydrogens is 483 g/mol. The molecular formula is C23H26Cl2N4O3S. The summed E-state index contributed by atoms with van der Waals surface area (Å²) >= 11 is 17.5. The zero-order valence-corrected chi connectivity index (χ0v) is 21.0. The van der Waals surface area contributed by atoms with E-state index >= 15 is 0 Å². The quantitative estimate of drug-likeness (QED) is 0.581. The second-order valence-electron chi connectivity index (χ2n) is 7.90. The summed E-state index contributed by atoms with van der Waals surface area (Å²) in [5, 5.41) is 6.23. The van der Waals surface area contributed by atoms with Gasteiger partial charge in [-0.15, -0.1) is 0 Å². The fourth-order valence-electron chi connectivity index (χ4n) is 3.53. The first-order valence-corrected chi connectivity index (χ1v) is 11.6. The van der Waals surface area contributed by atoms with Crippen LogP contribution >= 0.6 is 35.4 Å². The van der Waals surface area contributed by atoms with E-state index in [1.54, 1.807) is 0 Å². The molecule has 2 amide bonds. The third-order valence-corrected chi connectivity index (χ3v) is 6.03. The number of piperazine rings is 1. The van der Waals surface area contributed by atoms with Crippen molar-refractivity contribution in [2.75, 3.05) is 43.5 Å². The number of nitrogens with zero attached hydrogens (tertiary/aromatic N) is 2. The van der Waals surface area contributed by atoms with Crippen LogP contribution in [-0.4, -0.2) is 55.1 Å². The fraction of sp³-hybridized carbons (Fsp3) is 0.348. The molecule has 0 spiro atoms. The molecule has 1 aliphatic rings. The number of carbonyl (C=O) groups excluding carboxylic acids is 2. The van der Waals surface area contributed by atoms with Crippen molar-refractivity contribution in [1.82, 2.24) is 10.2 Å². The number of nitrogens with one attached hydrogen (secondary N) is 2. The van der Waals surface area contributed by atoms with Crippen molar-refractivity contribution >= 4 is 63.7 Å². The average molecular weight is 509 g/mol. The molecule has 0 bridgehead atoms. The summed E-state index contributed by atoms with van der Waals surface area (Å²) in [5.74, 6) is 0.0851. The molecule has 0 atom stereocenters. The van der Waals surface area contributed by atoms with Crippen LogP contribution < -0.4 is 20.3 Å².